The molecule has 0 rings (SSSR count). The van der Waals surface area contributed by atoms with Gasteiger partial charge in [-0.05, 0) is 20.8 Å². The van der Waals surface area contributed by atoms with Gasteiger partial charge < -0.3 is 14.9 Å². The largest absolute Gasteiger partial charge is 0.460 e. The average Bonchev–Trinajstić information content (AvgIpc) is 1.99. The number of aliphatic hydroxyl groups excluding tert-OH is 2. The molecule has 0 aromatic heterocycles. The molecule has 0 fully saturated rings. The first kappa shape index (κ1) is 14.7. The van der Waals surface area contributed by atoms with E-state index in [-0.39, 0.29) is 18.7 Å². The predicted molar refractivity (Wildman–Crippen MR) is 57.8 cm³/mol. The number of hydrogen-bond donors (Lipinski definition) is 2. The number of carbonyl (C=O) groups excluding carboxylic acids is 1. The molecule has 0 aliphatic rings. The Morgan fingerprint density at radius 1 is 1.33 bits per heavy atom. The Bertz CT molecular complexity index is 200. The van der Waals surface area contributed by atoms with Crippen LogP contribution in [0.15, 0.2) is 0 Å². The van der Waals surface area contributed by atoms with E-state index in [2.05, 4.69) is 0 Å². The molecule has 0 spiro atoms. The van der Waals surface area contributed by atoms with Crippen LogP contribution in [0.4, 0.5) is 0 Å². The van der Waals surface area contributed by atoms with Crippen LogP contribution in [0.1, 0.15) is 33.6 Å². The molecule has 2 N–H and O–H groups in total. The number of rotatable bonds is 5. The minimum atomic E-state index is -0.909. The first-order valence-corrected chi connectivity index (χ1v) is 5.42. The van der Waals surface area contributed by atoms with Crippen molar-refractivity contribution in [1.29, 1.82) is 0 Å². The quantitative estimate of drug-likeness (QED) is 0.556. The fourth-order valence-corrected chi connectivity index (χ4v) is 1.16. The molecule has 4 nitrogen and oxygen atoms in total. The Labute approximate surface area is 95.2 Å². The van der Waals surface area contributed by atoms with Gasteiger partial charge in [-0.1, -0.05) is 0 Å². The molecule has 0 saturated heterocycles. The topological polar surface area (TPSA) is 66.8 Å². The van der Waals surface area contributed by atoms with Crippen molar-refractivity contribution in [3.8, 4) is 0 Å². The second-order valence-corrected chi connectivity index (χ2v) is 4.80. The number of halogens is 1. The first-order valence-electron chi connectivity index (χ1n) is 4.88. The Hall–Kier alpha value is -0.320. The summed E-state index contributed by atoms with van der Waals surface area (Å²) in [5, 5.41) is 18.5. The number of aliphatic hydroxyl groups is 2. The lowest BCUT2D eigenvalue weighted by Gasteiger charge is -2.21. The molecule has 2 unspecified atom stereocenters. The van der Waals surface area contributed by atoms with E-state index in [1.54, 1.807) is 20.8 Å². The van der Waals surface area contributed by atoms with Gasteiger partial charge in [0.25, 0.3) is 0 Å². The van der Waals surface area contributed by atoms with Gasteiger partial charge in [0.15, 0.2) is 0 Å². The lowest BCUT2D eigenvalue weighted by atomic mass is 10.1. The van der Waals surface area contributed by atoms with Crippen LogP contribution in [0.2, 0.25) is 0 Å². The standard InChI is InChI=1S/C10H19ClO4/c1-10(2,3)15-9(14)5-7(12)4-8(13)6-11/h7-8,12-13H,4-6H2,1-3H3. The highest BCUT2D eigenvalue weighted by Crippen LogP contribution is 2.11. The zero-order chi connectivity index (χ0) is 12.1. The summed E-state index contributed by atoms with van der Waals surface area (Å²) in [6.07, 6.45) is -1.73. The van der Waals surface area contributed by atoms with E-state index in [4.69, 9.17) is 21.4 Å². The van der Waals surface area contributed by atoms with Gasteiger partial charge in [0, 0.05) is 12.3 Å². The fourth-order valence-electron chi connectivity index (χ4n) is 1.04. The van der Waals surface area contributed by atoms with Gasteiger partial charge in [0.05, 0.1) is 18.6 Å². The minimum absolute atomic E-state index is 0.0470. The highest BCUT2D eigenvalue weighted by atomic mass is 35.5. The molecule has 0 amide bonds. The highest BCUT2D eigenvalue weighted by molar-refractivity contribution is 6.18. The van der Waals surface area contributed by atoms with Crippen molar-refractivity contribution in [2.45, 2.75) is 51.4 Å². The number of carbonyl (C=O) groups is 1. The maximum atomic E-state index is 11.2. The van der Waals surface area contributed by atoms with Gasteiger partial charge in [-0.25, -0.2) is 0 Å². The third kappa shape index (κ3) is 8.66. The smallest absolute Gasteiger partial charge is 0.308 e. The van der Waals surface area contributed by atoms with Gasteiger partial charge in [-0.3, -0.25) is 4.79 Å². The molecular formula is C10H19ClO4. The summed E-state index contributed by atoms with van der Waals surface area (Å²) in [5.74, 6) is -0.428. The van der Waals surface area contributed by atoms with Crippen molar-refractivity contribution < 1.29 is 19.7 Å². The summed E-state index contributed by atoms with van der Waals surface area (Å²) in [5.41, 5.74) is -0.554. The van der Waals surface area contributed by atoms with E-state index in [0.29, 0.717) is 0 Å². The van der Waals surface area contributed by atoms with E-state index < -0.39 is 23.8 Å². The van der Waals surface area contributed by atoms with Gasteiger partial charge in [-0.15, -0.1) is 11.6 Å². The second-order valence-electron chi connectivity index (χ2n) is 4.49. The van der Waals surface area contributed by atoms with Crippen molar-refractivity contribution in [3.63, 3.8) is 0 Å². The third-order valence-electron chi connectivity index (χ3n) is 1.54. The first-order chi connectivity index (χ1) is 6.74. The van der Waals surface area contributed by atoms with Crippen molar-refractivity contribution in [2.75, 3.05) is 5.88 Å². The van der Waals surface area contributed by atoms with Gasteiger partial charge >= 0.3 is 5.97 Å². The van der Waals surface area contributed by atoms with Crippen molar-refractivity contribution in [3.05, 3.63) is 0 Å². The highest BCUT2D eigenvalue weighted by Gasteiger charge is 2.20. The summed E-state index contributed by atoms with van der Waals surface area (Å²) in [6.45, 7) is 5.26. The SMILES string of the molecule is CC(C)(C)OC(=O)CC(O)CC(O)CCl. The van der Waals surface area contributed by atoms with Crippen LogP contribution < -0.4 is 0 Å². The van der Waals surface area contributed by atoms with Crippen LogP contribution >= 0.6 is 11.6 Å². The average molecular weight is 239 g/mol. The molecule has 0 saturated carbocycles. The Balaban J connectivity index is 3.87. The van der Waals surface area contributed by atoms with Crippen LogP contribution in [0.5, 0.6) is 0 Å². The second kappa shape index (κ2) is 6.30. The van der Waals surface area contributed by atoms with Gasteiger partial charge in [-0.2, -0.15) is 0 Å². The molecular weight excluding hydrogens is 220 g/mol. The maximum absolute atomic E-state index is 11.2. The molecule has 0 aliphatic heterocycles. The van der Waals surface area contributed by atoms with Crippen LogP contribution in [0, 0.1) is 0 Å². The molecule has 0 aromatic carbocycles. The zero-order valence-electron chi connectivity index (χ0n) is 9.36. The van der Waals surface area contributed by atoms with E-state index >= 15 is 0 Å². The van der Waals surface area contributed by atoms with Gasteiger partial charge in [0.1, 0.15) is 5.60 Å². The summed E-state index contributed by atoms with van der Waals surface area (Å²) in [4.78, 5) is 11.2. The van der Waals surface area contributed by atoms with Crippen LogP contribution in [0.3, 0.4) is 0 Å². The minimum Gasteiger partial charge on any atom is -0.460 e. The van der Waals surface area contributed by atoms with E-state index in [1.165, 1.54) is 0 Å². The summed E-state index contributed by atoms with van der Waals surface area (Å²) in [7, 11) is 0. The number of ether oxygens (including phenoxy) is 1. The molecule has 0 bridgehead atoms. The van der Waals surface area contributed by atoms with Crippen molar-refractivity contribution >= 4 is 17.6 Å². The Morgan fingerprint density at radius 2 is 1.87 bits per heavy atom. The van der Waals surface area contributed by atoms with E-state index in [1.807, 2.05) is 0 Å². The molecule has 0 aromatic rings. The summed E-state index contributed by atoms with van der Waals surface area (Å²) >= 11 is 5.36. The third-order valence-corrected chi connectivity index (χ3v) is 1.90. The fraction of sp³-hybridized carbons (Fsp3) is 0.900. The monoisotopic (exact) mass is 238 g/mol. The van der Waals surface area contributed by atoms with E-state index in [9.17, 15) is 9.90 Å². The van der Waals surface area contributed by atoms with Crippen molar-refractivity contribution in [1.82, 2.24) is 0 Å². The number of hydrogen-bond acceptors (Lipinski definition) is 4. The van der Waals surface area contributed by atoms with E-state index in [0.717, 1.165) is 0 Å². The van der Waals surface area contributed by atoms with Crippen molar-refractivity contribution in [2.24, 2.45) is 0 Å². The van der Waals surface area contributed by atoms with Gasteiger partial charge in [0.2, 0.25) is 0 Å². The zero-order valence-corrected chi connectivity index (χ0v) is 10.1. The lowest BCUT2D eigenvalue weighted by Crippen LogP contribution is -2.28. The molecule has 90 valence electrons. The Kier molecular flexibility index (Phi) is 6.17. The van der Waals surface area contributed by atoms with Crippen LogP contribution in [0.25, 0.3) is 0 Å². The molecule has 0 heterocycles. The van der Waals surface area contributed by atoms with Crippen LogP contribution in [-0.4, -0.2) is 39.9 Å². The summed E-state index contributed by atoms with van der Waals surface area (Å²) < 4.78 is 5.01. The molecule has 5 heteroatoms. The molecule has 0 radical (unpaired) electrons. The molecule has 2 atom stereocenters. The molecule has 15 heavy (non-hydrogen) atoms. The Morgan fingerprint density at radius 3 is 2.27 bits per heavy atom. The normalized spacial score (nSPS) is 15.9. The summed E-state index contributed by atoms with van der Waals surface area (Å²) in [6, 6.07) is 0. The number of esters is 1. The number of alkyl halides is 1. The predicted octanol–water partition coefficient (Wildman–Crippen LogP) is 1.07. The lowest BCUT2D eigenvalue weighted by molar-refractivity contribution is -0.157. The maximum Gasteiger partial charge on any atom is 0.308 e. The van der Waals surface area contributed by atoms with Crippen LogP contribution in [-0.2, 0) is 9.53 Å². The molecule has 0 aliphatic carbocycles.